The van der Waals surface area contributed by atoms with Gasteiger partial charge in [-0.3, -0.25) is 0 Å². The number of hydrogen-bond acceptors (Lipinski definition) is 2. The Bertz CT molecular complexity index is 607. The number of halogens is 3. The Morgan fingerprint density at radius 3 is 2.40 bits per heavy atom. The van der Waals surface area contributed by atoms with Crippen LogP contribution < -0.4 is 5.32 Å². The quantitative estimate of drug-likeness (QED) is 0.803. The summed E-state index contributed by atoms with van der Waals surface area (Å²) in [5.41, 5.74) is -0.0302. The molecule has 1 atom stereocenters. The molecule has 1 aromatic carbocycles. The van der Waals surface area contributed by atoms with Crippen molar-refractivity contribution in [2.24, 2.45) is 5.92 Å². The molecule has 0 aliphatic carbocycles. The molecule has 0 radical (unpaired) electrons. The van der Waals surface area contributed by atoms with Gasteiger partial charge in [0.1, 0.15) is 5.82 Å². The second-order valence-electron chi connectivity index (χ2n) is 4.96. The maximum Gasteiger partial charge on any atom is 0.167 e. The number of hydrogen-bond donors (Lipinski definition) is 1. The highest BCUT2D eigenvalue weighted by Gasteiger charge is 2.19. The molecule has 2 aromatic rings. The molecule has 108 valence electrons. The highest BCUT2D eigenvalue weighted by Crippen LogP contribution is 2.36. The van der Waals surface area contributed by atoms with E-state index in [4.69, 9.17) is 0 Å². The topological polar surface area (TPSA) is 12.0 Å². The fourth-order valence-electron chi connectivity index (χ4n) is 2.20. The van der Waals surface area contributed by atoms with E-state index in [1.54, 1.807) is 6.07 Å². The third-order valence-corrected chi connectivity index (χ3v) is 4.37. The van der Waals surface area contributed by atoms with Gasteiger partial charge in [0.05, 0.1) is 0 Å². The molecule has 5 heteroatoms. The first-order chi connectivity index (χ1) is 9.43. The summed E-state index contributed by atoms with van der Waals surface area (Å²) < 4.78 is 40.3. The summed E-state index contributed by atoms with van der Waals surface area (Å²) in [6.07, 6.45) is 0. The summed E-state index contributed by atoms with van der Waals surface area (Å²) in [5.74, 6) is -2.59. The van der Waals surface area contributed by atoms with E-state index in [9.17, 15) is 13.2 Å². The van der Waals surface area contributed by atoms with E-state index < -0.39 is 17.5 Å². The maximum atomic E-state index is 13.8. The lowest BCUT2D eigenvalue weighted by atomic mass is 10.0. The van der Waals surface area contributed by atoms with Gasteiger partial charge in [0.15, 0.2) is 11.6 Å². The van der Waals surface area contributed by atoms with Gasteiger partial charge < -0.3 is 5.32 Å². The molecule has 0 aliphatic rings. The van der Waals surface area contributed by atoms with Gasteiger partial charge in [-0.1, -0.05) is 13.8 Å². The van der Waals surface area contributed by atoms with Crippen LogP contribution in [0.25, 0.3) is 10.4 Å². The van der Waals surface area contributed by atoms with Crippen molar-refractivity contribution in [3.05, 3.63) is 46.6 Å². The van der Waals surface area contributed by atoms with E-state index in [1.807, 2.05) is 13.1 Å². The largest absolute Gasteiger partial charge is 0.312 e. The van der Waals surface area contributed by atoms with Crippen molar-refractivity contribution in [3.8, 4) is 10.4 Å². The minimum Gasteiger partial charge on any atom is -0.312 e. The molecule has 1 unspecified atom stereocenters. The zero-order valence-corrected chi connectivity index (χ0v) is 12.3. The molecule has 1 aromatic heterocycles. The van der Waals surface area contributed by atoms with Crippen LogP contribution in [0.15, 0.2) is 24.3 Å². The minimum atomic E-state index is -1.16. The van der Waals surface area contributed by atoms with Gasteiger partial charge in [-0.25, -0.2) is 13.2 Å². The van der Waals surface area contributed by atoms with Crippen LogP contribution in [0, 0.1) is 23.4 Å². The van der Waals surface area contributed by atoms with Crippen LogP contribution in [0.3, 0.4) is 0 Å². The van der Waals surface area contributed by atoms with Crippen LogP contribution in [0.1, 0.15) is 24.8 Å². The fourth-order valence-corrected chi connectivity index (χ4v) is 3.51. The Balaban J connectivity index is 2.43. The first kappa shape index (κ1) is 15.1. The highest BCUT2D eigenvalue weighted by atomic mass is 32.1. The molecular weight excluding hydrogens is 283 g/mol. The molecule has 0 aliphatic heterocycles. The SMILES string of the molecule is CNC(c1ccc(-c2cc(F)cc(F)c2F)s1)C(C)C. The van der Waals surface area contributed by atoms with Gasteiger partial charge in [-0.15, -0.1) is 11.3 Å². The summed E-state index contributed by atoms with van der Waals surface area (Å²) in [7, 11) is 1.85. The number of benzene rings is 1. The van der Waals surface area contributed by atoms with E-state index in [0.29, 0.717) is 16.9 Å². The van der Waals surface area contributed by atoms with E-state index in [-0.39, 0.29) is 11.6 Å². The predicted octanol–water partition coefficient (Wildman–Crippen LogP) is 4.75. The molecule has 0 amide bonds. The second-order valence-corrected chi connectivity index (χ2v) is 6.08. The summed E-state index contributed by atoms with van der Waals surface area (Å²) in [6.45, 7) is 4.14. The van der Waals surface area contributed by atoms with Crippen LogP contribution in [0.5, 0.6) is 0 Å². The average molecular weight is 299 g/mol. The molecule has 1 nitrogen and oxygen atoms in total. The fraction of sp³-hybridized carbons (Fsp3) is 0.333. The molecule has 1 N–H and O–H groups in total. The molecule has 0 spiro atoms. The summed E-state index contributed by atoms with van der Waals surface area (Å²) >= 11 is 1.34. The molecule has 0 saturated heterocycles. The van der Waals surface area contributed by atoms with Crippen LogP contribution in [-0.4, -0.2) is 7.05 Å². The standard InChI is InChI=1S/C15H16F3NS/c1-8(2)15(19-3)13-5-4-12(20-13)10-6-9(16)7-11(17)14(10)18/h4-8,15,19H,1-3H3. The maximum absolute atomic E-state index is 13.8. The summed E-state index contributed by atoms with van der Waals surface area (Å²) in [4.78, 5) is 1.54. The first-order valence-electron chi connectivity index (χ1n) is 6.36. The molecule has 1 heterocycles. The molecule has 0 bridgehead atoms. The van der Waals surface area contributed by atoms with Crippen molar-refractivity contribution in [1.29, 1.82) is 0 Å². The average Bonchev–Trinajstić information content (AvgIpc) is 2.83. The second kappa shape index (κ2) is 5.97. The van der Waals surface area contributed by atoms with Gasteiger partial charge in [0, 0.05) is 27.4 Å². The molecule has 2 rings (SSSR count). The molecule has 20 heavy (non-hydrogen) atoms. The van der Waals surface area contributed by atoms with Gasteiger partial charge in [0.2, 0.25) is 0 Å². The van der Waals surface area contributed by atoms with Crippen molar-refractivity contribution in [2.75, 3.05) is 7.05 Å². The van der Waals surface area contributed by atoms with Crippen molar-refractivity contribution >= 4 is 11.3 Å². The van der Waals surface area contributed by atoms with Gasteiger partial charge in [-0.2, -0.15) is 0 Å². The van der Waals surface area contributed by atoms with Crippen LogP contribution >= 0.6 is 11.3 Å². The van der Waals surface area contributed by atoms with E-state index in [0.717, 1.165) is 10.9 Å². The lowest BCUT2D eigenvalue weighted by Crippen LogP contribution is -2.20. The summed E-state index contributed by atoms with van der Waals surface area (Å²) in [6, 6.07) is 5.28. The van der Waals surface area contributed by atoms with E-state index in [2.05, 4.69) is 19.2 Å². The van der Waals surface area contributed by atoms with Gasteiger partial charge >= 0.3 is 0 Å². The van der Waals surface area contributed by atoms with Crippen molar-refractivity contribution in [3.63, 3.8) is 0 Å². The highest BCUT2D eigenvalue weighted by molar-refractivity contribution is 7.15. The van der Waals surface area contributed by atoms with Crippen LogP contribution in [-0.2, 0) is 0 Å². The van der Waals surface area contributed by atoms with E-state index >= 15 is 0 Å². The summed E-state index contributed by atoms with van der Waals surface area (Å²) in [5, 5.41) is 3.19. The van der Waals surface area contributed by atoms with E-state index in [1.165, 1.54) is 11.3 Å². The zero-order valence-electron chi connectivity index (χ0n) is 11.5. The van der Waals surface area contributed by atoms with Crippen LogP contribution in [0.2, 0.25) is 0 Å². The lowest BCUT2D eigenvalue weighted by molar-refractivity contribution is 0.449. The Morgan fingerprint density at radius 1 is 1.10 bits per heavy atom. The number of rotatable bonds is 4. The first-order valence-corrected chi connectivity index (χ1v) is 7.17. The third-order valence-electron chi connectivity index (χ3n) is 3.17. The monoisotopic (exact) mass is 299 g/mol. The van der Waals surface area contributed by atoms with Crippen molar-refractivity contribution in [1.82, 2.24) is 5.32 Å². The predicted molar refractivity (Wildman–Crippen MR) is 76.3 cm³/mol. The lowest BCUT2D eigenvalue weighted by Gasteiger charge is -2.18. The molecule has 0 fully saturated rings. The van der Waals surface area contributed by atoms with Gasteiger partial charge in [-0.05, 0) is 31.2 Å². The van der Waals surface area contributed by atoms with Crippen LogP contribution in [0.4, 0.5) is 13.2 Å². The Hall–Kier alpha value is -1.33. The van der Waals surface area contributed by atoms with Crippen molar-refractivity contribution in [2.45, 2.75) is 19.9 Å². The minimum absolute atomic E-state index is 0.0302. The van der Waals surface area contributed by atoms with Crippen molar-refractivity contribution < 1.29 is 13.2 Å². The Labute approximate surface area is 120 Å². The Kier molecular flexibility index (Phi) is 4.50. The number of nitrogens with one attached hydrogen (secondary N) is 1. The third kappa shape index (κ3) is 2.88. The normalized spacial score (nSPS) is 12.9. The molecule has 0 saturated carbocycles. The van der Waals surface area contributed by atoms with Gasteiger partial charge in [0.25, 0.3) is 0 Å². The zero-order chi connectivity index (χ0) is 14.9. The Morgan fingerprint density at radius 2 is 1.80 bits per heavy atom. The number of thiophene rings is 1. The molecular formula is C15H16F3NS. The smallest absolute Gasteiger partial charge is 0.167 e.